The molecule has 122 valence electrons. The van der Waals surface area contributed by atoms with Crippen LogP contribution in [0.2, 0.25) is 0 Å². The molecule has 26 heavy (non-hydrogen) atoms. The highest BCUT2D eigenvalue weighted by Gasteiger charge is 2.46. The summed E-state index contributed by atoms with van der Waals surface area (Å²) < 4.78 is 0. The molecule has 5 aliphatic rings. The molecular formula is C24H14O2. The molecular weight excluding hydrogens is 320 g/mol. The fraction of sp³-hybridized carbons (Fsp3) is 0.0833. The Morgan fingerprint density at radius 2 is 1.81 bits per heavy atom. The van der Waals surface area contributed by atoms with Crippen LogP contribution >= 0.6 is 0 Å². The van der Waals surface area contributed by atoms with E-state index in [1.54, 1.807) is 18.2 Å². The Bertz CT molecular complexity index is 1170. The number of hydrogen-bond acceptors (Lipinski definition) is 2. The molecule has 0 aliphatic heterocycles. The smallest absolute Gasteiger partial charge is 0.187 e. The van der Waals surface area contributed by atoms with E-state index in [0.717, 1.165) is 51.0 Å². The number of hydrogen-bond donors (Lipinski definition) is 0. The molecule has 0 amide bonds. The highest BCUT2D eigenvalue weighted by atomic mass is 16.1. The van der Waals surface area contributed by atoms with Crippen LogP contribution in [-0.2, 0) is 9.59 Å². The summed E-state index contributed by atoms with van der Waals surface area (Å²) in [5, 5.41) is 0. The molecule has 0 saturated carbocycles. The van der Waals surface area contributed by atoms with E-state index in [4.69, 9.17) is 0 Å². The largest absolute Gasteiger partial charge is 0.290 e. The van der Waals surface area contributed by atoms with E-state index in [1.165, 1.54) is 0 Å². The maximum atomic E-state index is 13.1. The van der Waals surface area contributed by atoms with Crippen LogP contribution in [0, 0.1) is 5.41 Å². The molecule has 1 unspecified atom stereocenters. The first-order valence-electron chi connectivity index (χ1n) is 8.85. The molecule has 0 aromatic heterocycles. The molecule has 0 heterocycles. The third kappa shape index (κ3) is 1.49. The van der Waals surface area contributed by atoms with E-state index in [0.29, 0.717) is 0 Å². The van der Waals surface area contributed by atoms with E-state index in [1.807, 2.05) is 24.3 Å². The zero-order valence-electron chi connectivity index (χ0n) is 14.0. The Balaban J connectivity index is 1.84. The maximum absolute atomic E-state index is 13.1. The van der Waals surface area contributed by atoms with Crippen molar-refractivity contribution in [2.75, 3.05) is 0 Å². The van der Waals surface area contributed by atoms with Crippen molar-refractivity contribution >= 4 is 34.4 Å². The first-order chi connectivity index (χ1) is 12.7. The van der Waals surface area contributed by atoms with E-state index < -0.39 is 5.41 Å². The standard InChI is InChI=1S/C24H14O2/c25-16-9-11-24-10-2-1-6-18(24)23-20(26)12-15-5-3-4-14-7-8-17(19(24)13-16)22(23)21(14)15/h1-4,6-13H,5H2. The molecule has 0 radical (unpaired) electrons. The molecule has 2 nitrogen and oxygen atoms in total. The summed E-state index contributed by atoms with van der Waals surface area (Å²) >= 11 is 0. The van der Waals surface area contributed by atoms with Crippen molar-refractivity contribution in [1.29, 1.82) is 0 Å². The van der Waals surface area contributed by atoms with Gasteiger partial charge in [0.2, 0.25) is 0 Å². The van der Waals surface area contributed by atoms with E-state index >= 15 is 0 Å². The third-order valence-electron chi connectivity index (χ3n) is 5.98. The molecule has 5 aliphatic carbocycles. The molecule has 1 aromatic rings. The lowest BCUT2D eigenvalue weighted by Gasteiger charge is -2.43. The molecule has 0 fully saturated rings. The van der Waals surface area contributed by atoms with Crippen LogP contribution in [0.15, 0.2) is 72.4 Å². The topological polar surface area (TPSA) is 34.1 Å². The van der Waals surface area contributed by atoms with Gasteiger partial charge in [-0.1, -0.05) is 54.7 Å². The van der Waals surface area contributed by atoms with Crippen LogP contribution in [-0.4, -0.2) is 11.6 Å². The molecule has 0 saturated heterocycles. The summed E-state index contributed by atoms with van der Waals surface area (Å²) in [6.07, 6.45) is 20.2. The van der Waals surface area contributed by atoms with Crippen LogP contribution < -0.4 is 0 Å². The number of ketones is 2. The normalized spacial score (nSPS) is 26.3. The summed E-state index contributed by atoms with van der Waals surface area (Å²) in [5.41, 5.74) is 7.62. The van der Waals surface area contributed by atoms with Crippen LogP contribution in [0.1, 0.15) is 28.7 Å². The summed E-state index contributed by atoms with van der Waals surface area (Å²) in [7, 11) is 0. The fourth-order valence-electron chi connectivity index (χ4n) is 4.93. The average Bonchev–Trinajstić information content (AvgIpc) is 2.66. The molecule has 1 atom stereocenters. The van der Waals surface area contributed by atoms with Crippen LogP contribution in [0.3, 0.4) is 0 Å². The number of carbonyl (C=O) groups is 2. The van der Waals surface area contributed by atoms with E-state index in [-0.39, 0.29) is 11.6 Å². The van der Waals surface area contributed by atoms with Crippen LogP contribution in [0.5, 0.6) is 0 Å². The van der Waals surface area contributed by atoms with Crippen molar-refractivity contribution in [2.45, 2.75) is 6.42 Å². The van der Waals surface area contributed by atoms with Crippen LogP contribution in [0.4, 0.5) is 0 Å². The number of fused-ring (bicyclic) bond motifs is 1. The zero-order valence-corrected chi connectivity index (χ0v) is 14.0. The zero-order chi connectivity index (χ0) is 17.5. The predicted octanol–water partition coefficient (Wildman–Crippen LogP) is 4.47. The first kappa shape index (κ1) is 14.0. The number of carbonyl (C=O) groups excluding carboxylic acids is 2. The van der Waals surface area contributed by atoms with Crippen molar-refractivity contribution in [2.24, 2.45) is 5.41 Å². The van der Waals surface area contributed by atoms with Crippen molar-refractivity contribution in [3.63, 3.8) is 0 Å². The lowest BCUT2D eigenvalue weighted by Crippen LogP contribution is -2.32. The van der Waals surface area contributed by atoms with Gasteiger partial charge in [0, 0.05) is 11.1 Å². The summed E-state index contributed by atoms with van der Waals surface area (Å²) in [6.45, 7) is 0. The van der Waals surface area contributed by atoms with Gasteiger partial charge in [-0.15, -0.1) is 0 Å². The van der Waals surface area contributed by atoms with Crippen molar-refractivity contribution in [1.82, 2.24) is 0 Å². The minimum Gasteiger partial charge on any atom is -0.290 e. The quantitative estimate of drug-likeness (QED) is 0.701. The van der Waals surface area contributed by atoms with Gasteiger partial charge in [-0.3, -0.25) is 9.59 Å². The third-order valence-corrected chi connectivity index (χ3v) is 5.98. The van der Waals surface area contributed by atoms with Gasteiger partial charge in [0.25, 0.3) is 0 Å². The van der Waals surface area contributed by atoms with Gasteiger partial charge in [-0.05, 0) is 58.1 Å². The van der Waals surface area contributed by atoms with Gasteiger partial charge in [-0.2, -0.15) is 0 Å². The lowest BCUT2D eigenvalue weighted by atomic mass is 9.58. The SMILES string of the molecule is O=C1C=CC23C=CC=CC2=C2C(=O)C=C4CC=Cc5ccc(c2c54)C3=C1. The van der Waals surface area contributed by atoms with Gasteiger partial charge >= 0.3 is 0 Å². The molecule has 0 N–H and O–H groups in total. The Hall–Kier alpha value is -3.26. The van der Waals surface area contributed by atoms with Crippen molar-refractivity contribution in [3.8, 4) is 0 Å². The number of rotatable bonds is 0. The fourth-order valence-corrected chi connectivity index (χ4v) is 4.93. The van der Waals surface area contributed by atoms with Gasteiger partial charge < -0.3 is 0 Å². The average molecular weight is 334 g/mol. The highest BCUT2D eigenvalue weighted by molar-refractivity contribution is 6.35. The summed E-state index contributed by atoms with van der Waals surface area (Å²) in [4.78, 5) is 25.3. The number of allylic oxidation sites excluding steroid dienone is 13. The van der Waals surface area contributed by atoms with Gasteiger partial charge in [0.1, 0.15) is 0 Å². The monoisotopic (exact) mass is 334 g/mol. The second-order valence-corrected chi connectivity index (χ2v) is 7.26. The van der Waals surface area contributed by atoms with Crippen LogP contribution in [0.25, 0.3) is 22.8 Å². The number of benzene rings is 1. The Morgan fingerprint density at radius 1 is 0.885 bits per heavy atom. The van der Waals surface area contributed by atoms with E-state index in [9.17, 15) is 9.59 Å². The van der Waals surface area contributed by atoms with E-state index in [2.05, 4.69) is 30.4 Å². The maximum Gasteiger partial charge on any atom is 0.187 e. The second-order valence-electron chi connectivity index (χ2n) is 7.26. The van der Waals surface area contributed by atoms with Gasteiger partial charge in [-0.25, -0.2) is 0 Å². The van der Waals surface area contributed by atoms with Gasteiger partial charge in [0.05, 0.1) is 5.41 Å². The summed E-state index contributed by atoms with van der Waals surface area (Å²) in [5.74, 6) is 0.0685. The Labute approximate surface area is 150 Å². The molecule has 6 rings (SSSR count). The molecule has 2 heteroatoms. The molecule has 1 spiro atoms. The van der Waals surface area contributed by atoms with Crippen molar-refractivity contribution < 1.29 is 9.59 Å². The Kier molecular flexibility index (Phi) is 2.40. The van der Waals surface area contributed by atoms with Gasteiger partial charge in [0.15, 0.2) is 11.6 Å². The predicted molar refractivity (Wildman–Crippen MR) is 103 cm³/mol. The lowest BCUT2D eigenvalue weighted by molar-refractivity contribution is -0.110. The first-order valence-corrected chi connectivity index (χ1v) is 8.85. The molecule has 1 aromatic carbocycles. The minimum absolute atomic E-state index is 0.000837. The molecule has 0 bridgehead atoms. The Morgan fingerprint density at radius 3 is 2.73 bits per heavy atom. The second kappa shape index (κ2) is 4.47. The summed E-state index contributed by atoms with van der Waals surface area (Å²) in [6, 6.07) is 4.18. The van der Waals surface area contributed by atoms with Crippen molar-refractivity contribution in [3.05, 3.63) is 94.6 Å². The highest BCUT2D eigenvalue weighted by Crippen LogP contribution is 2.58. The minimum atomic E-state index is -0.523.